The third-order valence-electron chi connectivity index (χ3n) is 2.64. The van der Waals surface area contributed by atoms with Crippen molar-refractivity contribution in [2.45, 2.75) is 11.3 Å². The van der Waals surface area contributed by atoms with E-state index >= 15 is 0 Å². The molecule has 1 rings (SSSR count). The molecule has 0 heterocycles. The molecule has 0 spiro atoms. The van der Waals surface area contributed by atoms with Gasteiger partial charge in [0.25, 0.3) is 0 Å². The fourth-order valence-electron chi connectivity index (χ4n) is 1.51. The molecule has 5 N–H and O–H groups in total. The first-order valence-corrected chi connectivity index (χ1v) is 7.13. The van der Waals surface area contributed by atoms with Crippen LogP contribution in [0.3, 0.4) is 0 Å². The molecular weight excluding hydrogens is 268 g/mol. The fraction of sp³-hybridized carbons (Fsp3) is 0.364. The van der Waals surface area contributed by atoms with Crippen LogP contribution in [0.1, 0.15) is 6.42 Å². The zero-order valence-electron chi connectivity index (χ0n) is 10.9. The second-order valence-corrected chi connectivity index (χ2v) is 5.71. The Kier molecular flexibility index (Phi) is 4.73. The highest BCUT2D eigenvalue weighted by atomic mass is 32.2. The van der Waals surface area contributed by atoms with Gasteiger partial charge in [-0.05, 0) is 18.2 Å². The van der Waals surface area contributed by atoms with Crippen LogP contribution in [0.2, 0.25) is 0 Å². The summed E-state index contributed by atoms with van der Waals surface area (Å²) >= 11 is 0. The Labute approximate surface area is 112 Å². The molecule has 8 heteroatoms. The Bertz CT molecular complexity index is 571. The van der Waals surface area contributed by atoms with Gasteiger partial charge in [-0.1, -0.05) is 0 Å². The van der Waals surface area contributed by atoms with E-state index in [1.165, 1.54) is 12.1 Å². The number of nitrogens with one attached hydrogen (secondary N) is 1. The maximum atomic E-state index is 11.3. The average Bonchev–Trinajstić information content (AvgIpc) is 2.33. The Balaban J connectivity index is 2.94. The maximum Gasteiger partial charge on any atom is 0.238 e. The van der Waals surface area contributed by atoms with E-state index in [1.54, 1.807) is 25.1 Å². The van der Waals surface area contributed by atoms with Crippen LogP contribution in [0.15, 0.2) is 23.1 Å². The molecule has 106 valence electrons. The number of anilines is 2. The number of amides is 1. The normalized spacial score (nSPS) is 11.1. The van der Waals surface area contributed by atoms with Crippen molar-refractivity contribution in [2.75, 3.05) is 31.3 Å². The van der Waals surface area contributed by atoms with Crippen LogP contribution in [0, 0.1) is 0 Å². The lowest BCUT2D eigenvalue weighted by Crippen LogP contribution is -2.26. The third kappa shape index (κ3) is 4.42. The number of carbonyl (C=O) groups is 1. The van der Waals surface area contributed by atoms with Gasteiger partial charge in [-0.2, -0.15) is 0 Å². The predicted octanol–water partition coefficient (Wildman–Crippen LogP) is -0.511. The van der Waals surface area contributed by atoms with Gasteiger partial charge in [-0.25, -0.2) is 13.6 Å². The number of sulfonamides is 1. The van der Waals surface area contributed by atoms with Crippen molar-refractivity contribution in [3.05, 3.63) is 18.2 Å². The van der Waals surface area contributed by atoms with Crippen molar-refractivity contribution in [1.82, 2.24) is 5.32 Å². The van der Waals surface area contributed by atoms with Gasteiger partial charge in [-0.3, -0.25) is 4.79 Å². The molecule has 0 aliphatic rings. The molecule has 0 aliphatic carbocycles. The summed E-state index contributed by atoms with van der Waals surface area (Å²) in [5.74, 6) is -0.0950. The first kappa shape index (κ1) is 15.3. The minimum Gasteiger partial charge on any atom is -0.399 e. The minimum atomic E-state index is -3.80. The van der Waals surface area contributed by atoms with Crippen molar-refractivity contribution >= 4 is 27.3 Å². The van der Waals surface area contributed by atoms with Gasteiger partial charge in [0, 0.05) is 38.4 Å². The zero-order chi connectivity index (χ0) is 14.6. The molecule has 0 radical (unpaired) electrons. The molecule has 0 aliphatic heterocycles. The SMILES string of the molecule is CNC(=O)CCN(C)c1cc(N)cc(S(N)(=O)=O)c1. The van der Waals surface area contributed by atoms with Gasteiger partial charge < -0.3 is 16.0 Å². The molecule has 0 atom stereocenters. The lowest BCUT2D eigenvalue weighted by atomic mass is 10.2. The Hall–Kier alpha value is -1.80. The average molecular weight is 286 g/mol. The van der Waals surface area contributed by atoms with E-state index in [0.717, 1.165) is 0 Å². The number of hydrogen-bond acceptors (Lipinski definition) is 5. The fourth-order valence-corrected chi connectivity index (χ4v) is 2.10. The number of carbonyl (C=O) groups excluding carboxylic acids is 1. The number of nitrogens with two attached hydrogens (primary N) is 2. The summed E-state index contributed by atoms with van der Waals surface area (Å²) in [4.78, 5) is 12.9. The summed E-state index contributed by atoms with van der Waals surface area (Å²) in [7, 11) is -0.505. The summed E-state index contributed by atoms with van der Waals surface area (Å²) in [6.07, 6.45) is 0.298. The van der Waals surface area contributed by atoms with Crippen LogP contribution < -0.4 is 21.1 Å². The van der Waals surface area contributed by atoms with Gasteiger partial charge in [0.1, 0.15) is 0 Å². The van der Waals surface area contributed by atoms with Crippen LogP contribution in [0.25, 0.3) is 0 Å². The largest absolute Gasteiger partial charge is 0.399 e. The minimum absolute atomic E-state index is 0.0470. The van der Waals surface area contributed by atoms with E-state index in [0.29, 0.717) is 24.3 Å². The molecular formula is C11H18N4O3S. The molecule has 1 amide bonds. The van der Waals surface area contributed by atoms with E-state index in [1.807, 2.05) is 0 Å². The van der Waals surface area contributed by atoms with Gasteiger partial charge in [0.05, 0.1) is 4.90 Å². The van der Waals surface area contributed by atoms with Crippen molar-refractivity contribution in [3.63, 3.8) is 0 Å². The molecule has 19 heavy (non-hydrogen) atoms. The quantitative estimate of drug-likeness (QED) is 0.630. The number of nitrogen functional groups attached to an aromatic ring is 1. The summed E-state index contributed by atoms with van der Waals surface area (Å²) in [6, 6.07) is 4.35. The highest BCUT2D eigenvalue weighted by Crippen LogP contribution is 2.22. The Morgan fingerprint density at radius 3 is 2.53 bits per heavy atom. The smallest absolute Gasteiger partial charge is 0.238 e. The number of benzene rings is 1. The van der Waals surface area contributed by atoms with Gasteiger partial charge in [0.15, 0.2) is 0 Å². The van der Waals surface area contributed by atoms with Crippen LogP contribution in [-0.4, -0.2) is 35.0 Å². The van der Waals surface area contributed by atoms with E-state index in [4.69, 9.17) is 10.9 Å². The summed E-state index contributed by atoms with van der Waals surface area (Å²) in [5.41, 5.74) is 6.54. The van der Waals surface area contributed by atoms with E-state index < -0.39 is 10.0 Å². The van der Waals surface area contributed by atoms with Crippen molar-refractivity contribution in [3.8, 4) is 0 Å². The number of nitrogens with zero attached hydrogens (tertiary/aromatic N) is 1. The number of primary sulfonamides is 1. The van der Waals surface area contributed by atoms with Crippen LogP contribution in [0.5, 0.6) is 0 Å². The predicted molar refractivity (Wildman–Crippen MR) is 74.2 cm³/mol. The van der Waals surface area contributed by atoms with Crippen molar-refractivity contribution in [1.29, 1.82) is 0 Å². The first-order valence-electron chi connectivity index (χ1n) is 5.59. The Morgan fingerprint density at radius 1 is 1.37 bits per heavy atom. The second-order valence-electron chi connectivity index (χ2n) is 4.15. The topological polar surface area (TPSA) is 119 Å². The second kappa shape index (κ2) is 5.89. The zero-order valence-corrected chi connectivity index (χ0v) is 11.7. The molecule has 1 aromatic rings. The van der Waals surface area contributed by atoms with Crippen molar-refractivity contribution in [2.24, 2.45) is 5.14 Å². The highest BCUT2D eigenvalue weighted by Gasteiger charge is 2.12. The third-order valence-corrected chi connectivity index (χ3v) is 3.53. The molecule has 0 saturated carbocycles. The molecule has 0 fully saturated rings. The highest BCUT2D eigenvalue weighted by molar-refractivity contribution is 7.89. The summed E-state index contributed by atoms with van der Waals surface area (Å²) in [5, 5.41) is 7.59. The summed E-state index contributed by atoms with van der Waals surface area (Å²) < 4.78 is 22.6. The van der Waals surface area contributed by atoms with Crippen LogP contribution >= 0.6 is 0 Å². The van der Waals surface area contributed by atoms with Crippen LogP contribution in [-0.2, 0) is 14.8 Å². The molecule has 1 aromatic carbocycles. The lowest BCUT2D eigenvalue weighted by Gasteiger charge is -2.20. The van der Waals surface area contributed by atoms with E-state index in [9.17, 15) is 13.2 Å². The van der Waals surface area contributed by atoms with Gasteiger partial charge in [-0.15, -0.1) is 0 Å². The van der Waals surface area contributed by atoms with Crippen LogP contribution in [0.4, 0.5) is 11.4 Å². The first-order chi connectivity index (χ1) is 8.74. The standard InChI is InChI=1S/C11H18N4O3S/c1-14-11(16)3-4-15(2)9-5-8(12)6-10(7-9)19(13,17)18/h5-7H,3-4,12H2,1-2H3,(H,14,16)(H2,13,17,18). The number of rotatable bonds is 5. The molecule has 0 aromatic heterocycles. The Morgan fingerprint density at radius 2 is 2.00 bits per heavy atom. The number of hydrogen-bond donors (Lipinski definition) is 3. The van der Waals surface area contributed by atoms with Crippen molar-refractivity contribution < 1.29 is 13.2 Å². The molecule has 7 nitrogen and oxygen atoms in total. The van der Waals surface area contributed by atoms with Gasteiger partial charge in [0.2, 0.25) is 15.9 Å². The van der Waals surface area contributed by atoms with Gasteiger partial charge >= 0.3 is 0 Å². The van der Waals surface area contributed by atoms with E-state index in [-0.39, 0.29) is 10.8 Å². The molecule has 0 saturated heterocycles. The monoisotopic (exact) mass is 286 g/mol. The molecule has 0 bridgehead atoms. The molecule has 0 unspecified atom stereocenters. The summed E-state index contributed by atoms with van der Waals surface area (Å²) in [6.45, 7) is 0.438. The maximum absolute atomic E-state index is 11.3. The van der Waals surface area contributed by atoms with E-state index in [2.05, 4.69) is 5.32 Å². The lowest BCUT2D eigenvalue weighted by molar-refractivity contribution is -0.120.